The quantitative estimate of drug-likeness (QED) is 0.756. The van der Waals surface area contributed by atoms with Crippen molar-refractivity contribution in [2.24, 2.45) is 0 Å². The van der Waals surface area contributed by atoms with E-state index in [-0.39, 0.29) is 11.9 Å². The van der Waals surface area contributed by atoms with Crippen LogP contribution in [0.3, 0.4) is 0 Å². The lowest BCUT2D eigenvalue weighted by molar-refractivity contribution is -0.151. The molecule has 0 unspecified atom stereocenters. The number of hydrogen-bond donors (Lipinski definition) is 0. The van der Waals surface area contributed by atoms with Gasteiger partial charge in [-0.15, -0.1) is 0 Å². The third-order valence-electron chi connectivity index (χ3n) is 3.45. The maximum absolute atomic E-state index is 12.3. The van der Waals surface area contributed by atoms with E-state index in [2.05, 4.69) is 10.1 Å². The first kappa shape index (κ1) is 14.3. The average molecular weight is 278 g/mol. The van der Waals surface area contributed by atoms with E-state index >= 15 is 0 Å². The molecule has 0 aliphatic heterocycles. The summed E-state index contributed by atoms with van der Waals surface area (Å²) in [5.74, 6) is 0.775. The Morgan fingerprint density at radius 1 is 1.35 bits per heavy atom. The third kappa shape index (κ3) is 2.33. The van der Waals surface area contributed by atoms with Crippen molar-refractivity contribution in [3.05, 3.63) is 24.3 Å². The molecule has 0 N–H and O–H groups in total. The number of rotatable bonds is 6. The number of ether oxygens (including phenoxy) is 1. The standard InChI is InChI=1S/C14H18N2O4/c1-4-14(5-2,13(17)18-6-3)12-15-11(16-20-12)10-8-7-9-19-10/h7-9H,4-6H2,1-3H3. The highest BCUT2D eigenvalue weighted by atomic mass is 16.5. The Kier molecular flexibility index (Phi) is 4.22. The molecule has 0 atom stereocenters. The molecule has 0 radical (unpaired) electrons. The molecule has 6 nitrogen and oxygen atoms in total. The lowest BCUT2D eigenvalue weighted by atomic mass is 9.82. The first-order valence-electron chi connectivity index (χ1n) is 6.73. The van der Waals surface area contributed by atoms with Gasteiger partial charge < -0.3 is 13.7 Å². The van der Waals surface area contributed by atoms with Crippen LogP contribution < -0.4 is 0 Å². The summed E-state index contributed by atoms with van der Waals surface area (Å²) >= 11 is 0. The first-order chi connectivity index (χ1) is 9.67. The van der Waals surface area contributed by atoms with E-state index in [1.807, 2.05) is 13.8 Å². The molecule has 0 bridgehead atoms. The van der Waals surface area contributed by atoms with Crippen LogP contribution >= 0.6 is 0 Å². The molecule has 0 saturated heterocycles. The van der Waals surface area contributed by atoms with E-state index in [0.29, 0.717) is 31.0 Å². The lowest BCUT2D eigenvalue weighted by Crippen LogP contribution is -2.36. The summed E-state index contributed by atoms with van der Waals surface area (Å²) in [6.07, 6.45) is 2.59. The minimum absolute atomic E-state index is 0.271. The molecule has 0 fully saturated rings. The van der Waals surface area contributed by atoms with Crippen LogP contribution in [-0.2, 0) is 14.9 Å². The second kappa shape index (κ2) is 5.90. The number of carbonyl (C=O) groups excluding carboxylic acids is 1. The second-order valence-electron chi connectivity index (χ2n) is 4.41. The van der Waals surface area contributed by atoms with Crippen molar-refractivity contribution in [2.75, 3.05) is 6.61 Å². The fourth-order valence-electron chi connectivity index (χ4n) is 2.12. The van der Waals surface area contributed by atoms with Gasteiger partial charge in [0, 0.05) is 0 Å². The molecule has 0 spiro atoms. The molecule has 2 rings (SSSR count). The largest absolute Gasteiger partial charge is 0.465 e. The molecule has 0 aliphatic carbocycles. The summed E-state index contributed by atoms with van der Waals surface area (Å²) in [6, 6.07) is 3.47. The van der Waals surface area contributed by atoms with Crippen LogP contribution in [0.1, 0.15) is 39.5 Å². The zero-order valence-corrected chi connectivity index (χ0v) is 11.9. The maximum Gasteiger partial charge on any atom is 0.321 e. The van der Waals surface area contributed by atoms with Gasteiger partial charge >= 0.3 is 5.97 Å². The molecule has 6 heteroatoms. The molecule has 2 heterocycles. The molecule has 2 aromatic heterocycles. The minimum Gasteiger partial charge on any atom is -0.465 e. The van der Waals surface area contributed by atoms with Gasteiger partial charge in [0.15, 0.2) is 5.76 Å². The van der Waals surface area contributed by atoms with Crippen LogP contribution in [0.4, 0.5) is 0 Å². The number of esters is 1. The summed E-state index contributed by atoms with van der Waals surface area (Å²) in [5.41, 5.74) is -0.895. The third-order valence-corrected chi connectivity index (χ3v) is 3.45. The van der Waals surface area contributed by atoms with Gasteiger partial charge in [-0.25, -0.2) is 0 Å². The van der Waals surface area contributed by atoms with Crippen LogP contribution in [0.25, 0.3) is 11.6 Å². The highest BCUT2D eigenvalue weighted by Gasteiger charge is 2.44. The Labute approximate surface area is 117 Å². The summed E-state index contributed by atoms with van der Waals surface area (Å²) in [6.45, 7) is 5.89. The number of carbonyl (C=O) groups is 1. The SMILES string of the molecule is CCOC(=O)C(CC)(CC)c1nc(-c2ccco2)no1. The summed E-state index contributed by atoms with van der Waals surface area (Å²) < 4.78 is 15.7. The van der Waals surface area contributed by atoms with Gasteiger partial charge in [0.25, 0.3) is 0 Å². The smallest absolute Gasteiger partial charge is 0.321 e. The summed E-state index contributed by atoms with van der Waals surface area (Å²) in [4.78, 5) is 16.5. The van der Waals surface area contributed by atoms with Crippen LogP contribution in [0, 0.1) is 0 Å². The van der Waals surface area contributed by atoms with E-state index in [9.17, 15) is 4.79 Å². The van der Waals surface area contributed by atoms with E-state index in [4.69, 9.17) is 13.7 Å². The van der Waals surface area contributed by atoms with E-state index in [1.165, 1.54) is 6.26 Å². The monoisotopic (exact) mass is 278 g/mol. The van der Waals surface area contributed by atoms with Gasteiger partial charge in [-0.3, -0.25) is 4.79 Å². The van der Waals surface area contributed by atoms with Gasteiger partial charge in [0.2, 0.25) is 11.7 Å². The lowest BCUT2D eigenvalue weighted by Gasteiger charge is -2.24. The van der Waals surface area contributed by atoms with Crippen molar-refractivity contribution in [3.8, 4) is 11.6 Å². The molecular weight excluding hydrogens is 260 g/mol. The van der Waals surface area contributed by atoms with Gasteiger partial charge in [0.05, 0.1) is 12.9 Å². The van der Waals surface area contributed by atoms with Gasteiger partial charge in [-0.1, -0.05) is 19.0 Å². The molecule has 108 valence electrons. The molecule has 0 aliphatic rings. The van der Waals surface area contributed by atoms with Crippen molar-refractivity contribution in [3.63, 3.8) is 0 Å². The number of aromatic nitrogens is 2. The van der Waals surface area contributed by atoms with Crippen LogP contribution in [0.5, 0.6) is 0 Å². The second-order valence-corrected chi connectivity index (χ2v) is 4.41. The van der Waals surface area contributed by atoms with Crippen molar-refractivity contribution in [1.82, 2.24) is 10.1 Å². The van der Waals surface area contributed by atoms with Crippen molar-refractivity contribution < 1.29 is 18.5 Å². The van der Waals surface area contributed by atoms with Gasteiger partial charge in [-0.2, -0.15) is 4.98 Å². The Hall–Kier alpha value is -2.11. The first-order valence-corrected chi connectivity index (χ1v) is 6.73. The zero-order valence-electron chi connectivity index (χ0n) is 11.9. The highest BCUT2D eigenvalue weighted by molar-refractivity contribution is 5.81. The molecule has 0 aromatic carbocycles. The van der Waals surface area contributed by atoms with Crippen molar-refractivity contribution >= 4 is 5.97 Å². The summed E-state index contributed by atoms with van der Waals surface area (Å²) in [5, 5.41) is 3.88. The maximum atomic E-state index is 12.3. The molecule has 2 aromatic rings. The summed E-state index contributed by atoms with van der Waals surface area (Å²) in [7, 11) is 0. The molecule has 0 amide bonds. The Bertz CT molecular complexity index is 556. The normalized spacial score (nSPS) is 11.6. The predicted octanol–water partition coefficient (Wildman–Crippen LogP) is 2.95. The predicted molar refractivity (Wildman–Crippen MR) is 70.9 cm³/mol. The fraction of sp³-hybridized carbons (Fsp3) is 0.500. The van der Waals surface area contributed by atoms with Crippen LogP contribution in [-0.4, -0.2) is 22.7 Å². The Morgan fingerprint density at radius 3 is 2.65 bits per heavy atom. The number of hydrogen-bond acceptors (Lipinski definition) is 6. The van der Waals surface area contributed by atoms with Crippen molar-refractivity contribution in [2.45, 2.75) is 39.0 Å². The molecule has 0 saturated carbocycles. The topological polar surface area (TPSA) is 78.4 Å². The number of nitrogens with zero attached hydrogens (tertiary/aromatic N) is 2. The zero-order chi connectivity index (χ0) is 14.6. The van der Waals surface area contributed by atoms with E-state index in [0.717, 1.165) is 0 Å². The Balaban J connectivity index is 2.37. The minimum atomic E-state index is -0.895. The van der Waals surface area contributed by atoms with Crippen LogP contribution in [0.2, 0.25) is 0 Å². The highest BCUT2D eigenvalue weighted by Crippen LogP contribution is 2.33. The van der Waals surface area contributed by atoms with Crippen molar-refractivity contribution in [1.29, 1.82) is 0 Å². The number of furan rings is 1. The van der Waals surface area contributed by atoms with Gasteiger partial charge in [-0.05, 0) is 31.9 Å². The van der Waals surface area contributed by atoms with Crippen LogP contribution in [0.15, 0.2) is 27.3 Å². The van der Waals surface area contributed by atoms with E-state index < -0.39 is 5.41 Å². The molecular formula is C14H18N2O4. The Morgan fingerprint density at radius 2 is 2.10 bits per heavy atom. The van der Waals surface area contributed by atoms with E-state index in [1.54, 1.807) is 19.1 Å². The molecule has 20 heavy (non-hydrogen) atoms. The average Bonchev–Trinajstić information content (AvgIpc) is 3.12. The van der Waals surface area contributed by atoms with Gasteiger partial charge in [0.1, 0.15) is 5.41 Å². The fourth-order valence-corrected chi connectivity index (χ4v) is 2.12.